The molecule has 0 radical (unpaired) electrons. The van der Waals surface area contributed by atoms with Gasteiger partial charge >= 0.3 is 5.97 Å². The van der Waals surface area contributed by atoms with Gasteiger partial charge in [-0.25, -0.2) is 4.79 Å². The Bertz CT molecular complexity index is 698. The number of nitrogens with zero attached hydrogens (tertiary/aromatic N) is 1. The Morgan fingerprint density at radius 2 is 2.09 bits per heavy atom. The highest BCUT2D eigenvalue weighted by molar-refractivity contribution is 7.16. The topological polar surface area (TPSA) is 81.4 Å². The summed E-state index contributed by atoms with van der Waals surface area (Å²) in [6.45, 7) is 7.61. The van der Waals surface area contributed by atoms with E-state index >= 15 is 0 Å². The quantitative estimate of drug-likeness (QED) is 0.819. The maximum absolute atomic E-state index is 12.3. The molecule has 23 heavy (non-hydrogen) atoms. The number of ether oxygens (including phenoxy) is 1. The Hall–Kier alpha value is -2.15. The summed E-state index contributed by atoms with van der Waals surface area (Å²) in [4.78, 5) is 25.3. The molecule has 0 bridgehead atoms. The first-order valence-electron chi connectivity index (χ1n) is 7.47. The Morgan fingerprint density at radius 1 is 1.35 bits per heavy atom. The number of carbonyl (C=O) groups excluding carboxylic acids is 2. The Kier molecular flexibility index (Phi) is 5.54. The lowest BCUT2D eigenvalue weighted by Gasteiger charge is -2.06. The number of anilines is 1. The predicted molar refractivity (Wildman–Crippen MR) is 88.0 cm³/mol. The molecule has 124 valence electrons. The maximum Gasteiger partial charge on any atom is 0.341 e. The molecule has 1 N–H and O–H groups in total. The van der Waals surface area contributed by atoms with Crippen molar-refractivity contribution in [2.45, 2.75) is 40.5 Å². The molecule has 0 aromatic carbocycles. The number of nitrogens with one attached hydrogen (secondary N) is 1. The highest BCUT2D eigenvalue weighted by Gasteiger charge is 2.20. The van der Waals surface area contributed by atoms with Crippen LogP contribution in [-0.2, 0) is 22.4 Å². The molecule has 2 aromatic heterocycles. The van der Waals surface area contributed by atoms with Gasteiger partial charge in [0.05, 0.1) is 24.3 Å². The molecule has 0 unspecified atom stereocenters. The summed E-state index contributed by atoms with van der Waals surface area (Å²) in [5.74, 6) is -0.00534. The fraction of sp³-hybridized carbons (Fsp3) is 0.438. The molecule has 0 aliphatic carbocycles. The van der Waals surface area contributed by atoms with Gasteiger partial charge in [-0.3, -0.25) is 4.79 Å². The summed E-state index contributed by atoms with van der Waals surface area (Å²) in [6, 6.07) is 1.77. The molecule has 0 spiro atoms. The minimum Gasteiger partial charge on any atom is -0.462 e. The van der Waals surface area contributed by atoms with Crippen molar-refractivity contribution in [2.75, 3.05) is 11.9 Å². The van der Waals surface area contributed by atoms with Gasteiger partial charge < -0.3 is 14.6 Å². The second kappa shape index (κ2) is 7.41. The average Bonchev–Trinajstić information content (AvgIpc) is 3.05. The van der Waals surface area contributed by atoms with E-state index < -0.39 is 5.97 Å². The molecule has 0 saturated heterocycles. The number of hydrogen-bond donors (Lipinski definition) is 1. The molecule has 2 rings (SSSR count). The summed E-state index contributed by atoms with van der Waals surface area (Å²) >= 11 is 1.39. The van der Waals surface area contributed by atoms with Gasteiger partial charge in [-0.1, -0.05) is 12.1 Å². The van der Waals surface area contributed by atoms with E-state index in [9.17, 15) is 9.59 Å². The molecule has 2 aromatic rings. The molecule has 7 heteroatoms. The predicted octanol–water partition coefficient (Wildman–Crippen LogP) is 3.27. The normalized spacial score (nSPS) is 10.6. The SMILES string of the molecule is CCOC(=O)c1cc(CC)sc1NC(=O)Cc1c(C)noc1C. The van der Waals surface area contributed by atoms with Crippen molar-refractivity contribution in [3.05, 3.63) is 33.5 Å². The highest BCUT2D eigenvalue weighted by Crippen LogP contribution is 2.29. The maximum atomic E-state index is 12.3. The highest BCUT2D eigenvalue weighted by atomic mass is 32.1. The van der Waals surface area contributed by atoms with Gasteiger partial charge in [0.2, 0.25) is 5.91 Å². The number of aryl methyl sites for hydroxylation is 3. The van der Waals surface area contributed by atoms with Crippen LogP contribution >= 0.6 is 11.3 Å². The van der Waals surface area contributed by atoms with Crippen LogP contribution < -0.4 is 5.32 Å². The van der Waals surface area contributed by atoms with Gasteiger partial charge in [0.25, 0.3) is 0 Å². The minimum atomic E-state index is -0.420. The number of hydrogen-bond acceptors (Lipinski definition) is 6. The number of esters is 1. The monoisotopic (exact) mass is 336 g/mol. The molecule has 0 saturated carbocycles. The van der Waals surface area contributed by atoms with Crippen molar-refractivity contribution in [3.63, 3.8) is 0 Å². The Balaban J connectivity index is 2.17. The van der Waals surface area contributed by atoms with E-state index in [1.165, 1.54) is 11.3 Å². The van der Waals surface area contributed by atoms with Crippen LogP contribution in [-0.4, -0.2) is 23.6 Å². The molecular weight excluding hydrogens is 316 g/mol. The van der Waals surface area contributed by atoms with Gasteiger partial charge in [-0.15, -0.1) is 11.3 Å². The molecular formula is C16H20N2O4S. The largest absolute Gasteiger partial charge is 0.462 e. The first-order chi connectivity index (χ1) is 11.0. The first kappa shape index (κ1) is 17.2. The Morgan fingerprint density at radius 3 is 2.65 bits per heavy atom. The minimum absolute atomic E-state index is 0.156. The van der Waals surface area contributed by atoms with Gasteiger partial charge in [0, 0.05) is 10.4 Å². The smallest absolute Gasteiger partial charge is 0.341 e. The Labute approximate surface area is 138 Å². The van der Waals surface area contributed by atoms with E-state index in [1.807, 2.05) is 6.92 Å². The van der Waals surface area contributed by atoms with Crippen LogP contribution in [0.5, 0.6) is 0 Å². The van der Waals surface area contributed by atoms with Crippen molar-refractivity contribution < 1.29 is 18.8 Å². The van der Waals surface area contributed by atoms with Gasteiger partial charge in [-0.2, -0.15) is 0 Å². The van der Waals surface area contributed by atoms with E-state index in [0.29, 0.717) is 28.6 Å². The number of carbonyl (C=O) groups is 2. The number of amides is 1. The summed E-state index contributed by atoms with van der Waals surface area (Å²) in [5.41, 5.74) is 1.87. The van der Waals surface area contributed by atoms with Gasteiger partial charge in [0.1, 0.15) is 10.8 Å². The second-order valence-electron chi connectivity index (χ2n) is 5.06. The van der Waals surface area contributed by atoms with Crippen molar-refractivity contribution in [1.82, 2.24) is 5.16 Å². The molecule has 2 heterocycles. The lowest BCUT2D eigenvalue weighted by molar-refractivity contribution is -0.115. The molecule has 1 amide bonds. The van der Waals surface area contributed by atoms with E-state index in [4.69, 9.17) is 9.26 Å². The summed E-state index contributed by atoms with van der Waals surface area (Å²) in [5, 5.41) is 7.17. The first-order valence-corrected chi connectivity index (χ1v) is 8.29. The van der Waals surface area contributed by atoms with E-state index in [-0.39, 0.29) is 12.3 Å². The third kappa shape index (κ3) is 3.98. The van der Waals surface area contributed by atoms with Crippen LogP contribution in [0.2, 0.25) is 0 Å². The van der Waals surface area contributed by atoms with Crippen molar-refractivity contribution in [1.29, 1.82) is 0 Å². The van der Waals surface area contributed by atoms with Crippen LogP contribution in [0, 0.1) is 13.8 Å². The zero-order chi connectivity index (χ0) is 17.0. The number of aromatic nitrogens is 1. The fourth-order valence-electron chi connectivity index (χ4n) is 2.16. The summed E-state index contributed by atoms with van der Waals surface area (Å²) in [7, 11) is 0. The van der Waals surface area contributed by atoms with Crippen LogP contribution in [0.3, 0.4) is 0 Å². The molecule has 0 aliphatic rings. The van der Waals surface area contributed by atoms with Crippen molar-refractivity contribution in [3.8, 4) is 0 Å². The van der Waals surface area contributed by atoms with Crippen molar-refractivity contribution >= 4 is 28.2 Å². The van der Waals surface area contributed by atoms with Crippen LogP contribution in [0.25, 0.3) is 0 Å². The van der Waals surface area contributed by atoms with Crippen molar-refractivity contribution in [2.24, 2.45) is 0 Å². The molecule has 0 fully saturated rings. The molecule has 0 atom stereocenters. The number of thiophene rings is 1. The zero-order valence-corrected chi connectivity index (χ0v) is 14.5. The standard InChI is InChI=1S/C16H20N2O4S/c1-5-11-7-13(16(20)21-6-2)15(23-11)17-14(19)8-12-9(3)18-22-10(12)4/h7H,5-6,8H2,1-4H3,(H,17,19). The number of rotatable bonds is 6. The van der Waals surface area contributed by atoms with Crippen LogP contribution in [0.15, 0.2) is 10.6 Å². The summed E-state index contributed by atoms with van der Waals surface area (Å²) < 4.78 is 10.1. The fourth-order valence-corrected chi connectivity index (χ4v) is 3.16. The third-order valence-corrected chi connectivity index (χ3v) is 4.59. The van der Waals surface area contributed by atoms with Gasteiger partial charge in [-0.05, 0) is 33.3 Å². The van der Waals surface area contributed by atoms with E-state index in [2.05, 4.69) is 10.5 Å². The van der Waals surface area contributed by atoms with Crippen LogP contribution in [0.4, 0.5) is 5.00 Å². The van der Waals surface area contributed by atoms with E-state index in [0.717, 1.165) is 16.9 Å². The van der Waals surface area contributed by atoms with Gasteiger partial charge in [0.15, 0.2) is 0 Å². The molecule has 0 aliphatic heterocycles. The summed E-state index contributed by atoms with van der Waals surface area (Å²) in [6.07, 6.45) is 0.944. The second-order valence-corrected chi connectivity index (χ2v) is 6.19. The lowest BCUT2D eigenvalue weighted by Crippen LogP contribution is -2.16. The lowest BCUT2D eigenvalue weighted by atomic mass is 10.1. The van der Waals surface area contributed by atoms with Crippen LogP contribution in [0.1, 0.15) is 46.1 Å². The zero-order valence-electron chi connectivity index (χ0n) is 13.7. The average molecular weight is 336 g/mol. The van der Waals surface area contributed by atoms with E-state index in [1.54, 1.807) is 26.8 Å². The third-order valence-electron chi connectivity index (χ3n) is 3.40. The molecule has 6 nitrogen and oxygen atoms in total.